The summed E-state index contributed by atoms with van der Waals surface area (Å²) in [4.78, 5) is 14.9. The van der Waals surface area contributed by atoms with E-state index in [1.807, 2.05) is 25.1 Å². The minimum Gasteiger partial charge on any atom is -0.492 e. The molecule has 0 spiro atoms. The van der Waals surface area contributed by atoms with E-state index in [0.29, 0.717) is 6.61 Å². The summed E-state index contributed by atoms with van der Waals surface area (Å²) in [6.45, 7) is 6.57. The van der Waals surface area contributed by atoms with Gasteiger partial charge in [-0.3, -0.25) is 9.69 Å². The van der Waals surface area contributed by atoms with Crippen molar-refractivity contribution in [3.8, 4) is 5.75 Å². The molecule has 0 aromatic heterocycles. The number of halogens is 1. The molecule has 0 bridgehead atoms. The second kappa shape index (κ2) is 6.57. The van der Waals surface area contributed by atoms with E-state index >= 15 is 0 Å². The first-order valence-electron chi connectivity index (χ1n) is 6.82. The molecule has 2 aliphatic rings. The van der Waals surface area contributed by atoms with Crippen LogP contribution >= 0.6 is 12.4 Å². The SMILES string of the molecule is Cc1cccc2c1C(=O)C(CN1CCOCC1)CO2.Cl. The highest BCUT2D eigenvalue weighted by Crippen LogP contribution is 2.30. The number of Topliss-reactive ketones (excluding diaryl/α,β-unsaturated/α-hetero) is 1. The molecule has 0 N–H and O–H groups in total. The van der Waals surface area contributed by atoms with Gasteiger partial charge in [-0.1, -0.05) is 12.1 Å². The van der Waals surface area contributed by atoms with E-state index < -0.39 is 0 Å². The highest BCUT2D eigenvalue weighted by molar-refractivity contribution is 6.02. The Bertz CT molecular complexity index is 486. The molecule has 3 rings (SSSR count). The largest absolute Gasteiger partial charge is 0.492 e. The van der Waals surface area contributed by atoms with Crippen LogP contribution in [0, 0.1) is 12.8 Å². The fraction of sp³-hybridized carbons (Fsp3) is 0.533. The number of morpholine rings is 1. The molecule has 0 aliphatic carbocycles. The zero-order valence-corrected chi connectivity index (χ0v) is 12.4. The number of ketones is 1. The molecule has 5 heteroatoms. The van der Waals surface area contributed by atoms with E-state index in [9.17, 15) is 4.79 Å². The van der Waals surface area contributed by atoms with Crippen LogP contribution in [0.25, 0.3) is 0 Å². The van der Waals surface area contributed by atoms with Crippen molar-refractivity contribution in [2.75, 3.05) is 39.5 Å². The number of fused-ring (bicyclic) bond motifs is 1. The van der Waals surface area contributed by atoms with Crippen molar-refractivity contribution in [1.82, 2.24) is 4.90 Å². The normalized spacial score (nSPS) is 22.6. The Morgan fingerprint density at radius 1 is 1.30 bits per heavy atom. The third-order valence-corrected chi connectivity index (χ3v) is 3.87. The number of hydrogen-bond donors (Lipinski definition) is 0. The molecular formula is C15H20ClNO3. The monoisotopic (exact) mass is 297 g/mol. The standard InChI is InChI=1S/C15H19NO3.ClH/c1-11-3-2-4-13-14(11)15(17)12(10-19-13)9-16-5-7-18-8-6-16;/h2-4,12H,5-10H2,1H3;1H. The van der Waals surface area contributed by atoms with Crippen LogP contribution in [0.15, 0.2) is 18.2 Å². The molecule has 1 saturated heterocycles. The number of carbonyl (C=O) groups is 1. The zero-order chi connectivity index (χ0) is 13.2. The highest BCUT2D eigenvalue weighted by atomic mass is 35.5. The maximum atomic E-state index is 12.6. The molecule has 1 aromatic carbocycles. The number of nitrogens with zero attached hydrogens (tertiary/aromatic N) is 1. The van der Waals surface area contributed by atoms with Gasteiger partial charge in [0.1, 0.15) is 5.75 Å². The van der Waals surface area contributed by atoms with Crippen LogP contribution in [0.2, 0.25) is 0 Å². The smallest absolute Gasteiger partial charge is 0.174 e. The van der Waals surface area contributed by atoms with Gasteiger partial charge in [0.15, 0.2) is 5.78 Å². The molecule has 1 unspecified atom stereocenters. The maximum absolute atomic E-state index is 12.6. The number of aryl methyl sites for hydroxylation is 1. The molecular weight excluding hydrogens is 278 g/mol. The Hall–Kier alpha value is -1.10. The molecule has 0 amide bonds. The van der Waals surface area contributed by atoms with Gasteiger partial charge in [0.25, 0.3) is 0 Å². The second-order valence-electron chi connectivity index (χ2n) is 5.23. The first kappa shape index (κ1) is 15.3. The Morgan fingerprint density at radius 3 is 2.80 bits per heavy atom. The van der Waals surface area contributed by atoms with Gasteiger partial charge in [0.2, 0.25) is 0 Å². The molecule has 1 atom stereocenters. The second-order valence-corrected chi connectivity index (χ2v) is 5.23. The summed E-state index contributed by atoms with van der Waals surface area (Å²) < 4.78 is 11.1. The summed E-state index contributed by atoms with van der Waals surface area (Å²) in [5, 5.41) is 0. The number of benzene rings is 1. The minimum atomic E-state index is -0.0494. The van der Waals surface area contributed by atoms with Gasteiger partial charge < -0.3 is 9.47 Å². The van der Waals surface area contributed by atoms with Crippen LogP contribution in [0.4, 0.5) is 0 Å². The molecule has 0 radical (unpaired) electrons. The van der Waals surface area contributed by atoms with E-state index in [4.69, 9.17) is 9.47 Å². The van der Waals surface area contributed by atoms with Crippen molar-refractivity contribution < 1.29 is 14.3 Å². The number of hydrogen-bond acceptors (Lipinski definition) is 4. The van der Waals surface area contributed by atoms with Crippen LogP contribution in [-0.2, 0) is 4.74 Å². The van der Waals surface area contributed by atoms with Crippen molar-refractivity contribution in [2.45, 2.75) is 6.92 Å². The lowest BCUT2D eigenvalue weighted by molar-refractivity contribution is 0.0250. The predicted octanol–water partition coefficient (Wildman–Crippen LogP) is 1.94. The molecule has 2 heterocycles. The Labute approximate surface area is 125 Å². The highest BCUT2D eigenvalue weighted by Gasteiger charge is 2.31. The van der Waals surface area contributed by atoms with Crippen LogP contribution in [0.3, 0.4) is 0 Å². The number of rotatable bonds is 2. The van der Waals surface area contributed by atoms with Gasteiger partial charge >= 0.3 is 0 Å². The first-order valence-corrected chi connectivity index (χ1v) is 6.82. The summed E-state index contributed by atoms with van der Waals surface area (Å²) in [5.74, 6) is 0.917. The molecule has 1 aromatic rings. The third kappa shape index (κ3) is 2.97. The van der Waals surface area contributed by atoms with Gasteiger partial charge in [-0.15, -0.1) is 12.4 Å². The molecule has 4 nitrogen and oxygen atoms in total. The number of carbonyl (C=O) groups excluding carboxylic acids is 1. The summed E-state index contributed by atoms with van der Waals surface area (Å²) in [6.07, 6.45) is 0. The minimum absolute atomic E-state index is 0. The summed E-state index contributed by atoms with van der Waals surface area (Å²) in [5.41, 5.74) is 1.78. The number of ether oxygens (including phenoxy) is 2. The molecule has 0 saturated carbocycles. The first-order chi connectivity index (χ1) is 9.25. The van der Waals surface area contributed by atoms with Crippen LogP contribution < -0.4 is 4.74 Å². The third-order valence-electron chi connectivity index (χ3n) is 3.87. The van der Waals surface area contributed by atoms with Crippen molar-refractivity contribution in [2.24, 2.45) is 5.92 Å². The Kier molecular flexibility index (Phi) is 5.02. The molecule has 1 fully saturated rings. The molecule has 2 aliphatic heterocycles. The van der Waals surface area contributed by atoms with E-state index in [1.54, 1.807) is 0 Å². The lowest BCUT2D eigenvalue weighted by atomic mass is 9.91. The van der Waals surface area contributed by atoms with Gasteiger partial charge in [0.05, 0.1) is 31.3 Å². The summed E-state index contributed by atoms with van der Waals surface area (Å²) in [7, 11) is 0. The van der Waals surface area contributed by atoms with Crippen LogP contribution in [-0.4, -0.2) is 50.1 Å². The van der Waals surface area contributed by atoms with Gasteiger partial charge in [-0.2, -0.15) is 0 Å². The van der Waals surface area contributed by atoms with E-state index in [2.05, 4.69) is 4.90 Å². The topological polar surface area (TPSA) is 38.8 Å². The summed E-state index contributed by atoms with van der Waals surface area (Å²) >= 11 is 0. The Balaban J connectivity index is 0.00000147. The average molecular weight is 298 g/mol. The van der Waals surface area contributed by atoms with E-state index in [1.165, 1.54) is 0 Å². The fourth-order valence-corrected chi connectivity index (χ4v) is 2.78. The summed E-state index contributed by atoms with van der Waals surface area (Å²) in [6, 6.07) is 5.78. The van der Waals surface area contributed by atoms with Gasteiger partial charge in [-0.25, -0.2) is 0 Å². The lowest BCUT2D eigenvalue weighted by Gasteiger charge is -2.32. The van der Waals surface area contributed by atoms with Crippen molar-refractivity contribution in [1.29, 1.82) is 0 Å². The average Bonchev–Trinajstić information content (AvgIpc) is 2.43. The van der Waals surface area contributed by atoms with Crippen LogP contribution in [0.5, 0.6) is 5.75 Å². The van der Waals surface area contributed by atoms with Crippen molar-refractivity contribution in [3.63, 3.8) is 0 Å². The van der Waals surface area contributed by atoms with E-state index in [0.717, 1.165) is 49.7 Å². The quantitative estimate of drug-likeness (QED) is 0.836. The molecule has 110 valence electrons. The zero-order valence-electron chi connectivity index (χ0n) is 11.6. The Morgan fingerprint density at radius 2 is 2.05 bits per heavy atom. The fourth-order valence-electron chi connectivity index (χ4n) is 2.78. The maximum Gasteiger partial charge on any atom is 0.174 e. The van der Waals surface area contributed by atoms with Crippen LogP contribution in [0.1, 0.15) is 15.9 Å². The van der Waals surface area contributed by atoms with Gasteiger partial charge in [0, 0.05) is 19.6 Å². The van der Waals surface area contributed by atoms with Gasteiger partial charge in [-0.05, 0) is 18.6 Å². The predicted molar refractivity (Wildman–Crippen MR) is 79.0 cm³/mol. The van der Waals surface area contributed by atoms with Crippen molar-refractivity contribution >= 4 is 18.2 Å². The molecule has 20 heavy (non-hydrogen) atoms. The van der Waals surface area contributed by atoms with E-state index in [-0.39, 0.29) is 24.1 Å². The lowest BCUT2D eigenvalue weighted by Crippen LogP contribution is -2.43. The van der Waals surface area contributed by atoms with Crippen molar-refractivity contribution in [3.05, 3.63) is 29.3 Å².